The number of fused-ring (bicyclic) bond motifs is 5. The van der Waals surface area contributed by atoms with E-state index in [1.807, 2.05) is 64.1 Å². The summed E-state index contributed by atoms with van der Waals surface area (Å²) >= 11 is 7.90. The molecular formula is C44H41ClN4O6S. The number of carbonyl (C=O) groups is 4. The first-order valence-electron chi connectivity index (χ1n) is 18.9. The molecule has 56 heavy (non-hydrogen) atoms. The molecule has 286 valence electrons. The Kier molecular flexibility index (Phi) is 8.38. The number of anilines is 1. The molecule has 0 radical (unpaired) electrons. The molecule has 0 bridgehead atoms. The lowest BCUT2D eigenvalue weighted by Crippen LogP contribution is -2.49. The normalized spacial score (nSPS) is 25.9. The van der Waals surface area contributed by atoms with Gasteiger partial charge in [-0.2, -0.15) is 5.10 Å². The molecule has 3 fully saturated rings. The number of phenolic OH excluding ortho intramolecular Hbond substituents is 2. The second-order valence-electron chi connectivity index (χ2n) is 16.1. The summed E-state index contributed by atoms with van der Waals surface area (Å²) in [6, 6.07) is 18.1. The van der Waals surface area contributed by atoms with Crippen LogP contribution in [0.5, 0.6) is 11.5 Å². The summed E-state index contributed by atoms with van der Waals surface area (Å²) < 4.78 is 2.64. The van der Waals surface area contributed by atoms with Crippen molar-refractivity contribution in [2.45, 2.75) is 52.9 Å². The number of carbonyl (C=O) groups excluding carboxylic acids is 4. The summed E-state index contributed by atoms with van der Waals surface area (Å²) in [6.07, 6.45) is 3.08. The monoisotopic (exact) mass is 788 g/mol. The van der Waals surface area contributed by atoms with E-state index in [4.69, 9.17) is 16.7 Å². The predicted octanol–water partition coefficient (Wildman–Crippen LogP) is 7.77. The highest BCUT2D eigenvalue weighted by Gasteiger charge is 2.68. The number of nitrogens with zero attached hydrogens (tertiary/aromatic N) is 4. The van der Waals surface area contributed by atoms with Crippen molar-refractivity contribution in [3.05, 3.63) is 105 Å². The van der Waals surface area contributed by atoms with E-state index in [-0.39, 0.29) is 48.1 Å². The Bertz CT molecular complexity index is 2550. The van der Waals surface area contributed by atoms with E-state index >= 15 is 4.79 Å². The molecule has 2 aliphatic carbocycles. The first-order chi connectivity index (χ1) is 26.7. The highest BCUT2D eigenvalue weighted by atomic mass is 35.5. The second-order valence-corrected chi connectivity index (χ2v) is 17.6. The van der Waals surface area contributed by atoms with E-state index in [0.29, 0.717) is 40.5 Å². The SMILES string of the molecule is Cc1cc([C@H]2C3=CC[C@@H]4C(=O)N(CCc5ccc(O)cc5)C(=O)[C@@H]4[C@@H]3C[C@H]3C(=O)N(c4cc(-c5sc6ccc(Cl)cc6c5C)nn4C)C(=O)[C@@]23C)cc(C)c1O. The van der Waals surface area contributed by atoms with E-state index in [0.717, 1.165) is 37.2 Å². The van der Waals surface area contributed by atoms with Crippen LogP contribution >= 0.6 is 22.9 Å². The summed E-state index contributed by atoms with van der Waals surface area (Å²) in [6.45, 7) is 7.72. The fourth-order valence-electron chi connectivity index (χ4n) is 10.2. The summed E-state index contributed by atoms with van der Waals surface area (Å²) in [7, 11) is 1.73. The molecule has 1 saturated carbocycles. The lowest BCUT2D eigenvalue weighted by atomic mass is 9.51. The van der Waals surface area contributed by atoms with Crippen molar-refractivity contribution >= 4 is 62.5 Å². The lowest BCUT2D eigenvalue weighted by Gasteiger charge is -2.49. The number of benzene rings is 3. The Morgan fingerprint density at radius 2 is 1.62 bits per heavy atom. The molecule has 2 aromatic heterocycles. The number of amides is 4. The number of rotatable bonds is 6. The van der Waals surface area contributed by atoms with Crippen molar-refractivity contribution in [1.29, 1.82) is 0 Å². The summed E-state index contributed by atoms with van der Waals surface area (Å²) in [5, 5.41) is 27.0. The van der Waals surface area contributed by atoms with Gasteiger partial charge < -0.3 is 10.2 Å². The fraction of sp³-hybridized carbons (Fsp3) is 0.341. The van der Waals surface area contributed by atoms with Crippen LogP contribution < -0.4 is 4.90 Å². The molecule has 4 aliphatic rings. The smallest absolute Gasteiger partial charge is 0.242 e. The Morgan fingerprint density at radius 1 is 0.911 bits per heavy atom. The summed E-state index contributed by atoms with van der Waals surface area (Å²) in [5.74, 6) is -3.57. The molecule has 5 aromatic rings. The number of hydrogen-bond acceptors (Lipinski definition) is 8. The van der Waals surface area contributed by atoms with Crippen molar-refractivity contribution in [3.63, 3.8) is 0 Å². The highest BCUT2D eigenvalue weighted by molar-refractivity contribution is 7.22. The molecule has 2 aliphatic heterocycles. The number of phenols is 2. The highest BCUT2D eigenvalue weighted by Crippen LogP contribution is 2.64. The van der Waals surface area contributed by atoms with Crippen molar-refractivity contribution in [2.75, 3.05) is 11.4 Å². The van der Waals surface area contributed by atoms with Crippen LogP contribution in [-0.4, -0.2) is 55.1 Å². The predicted molar refractivity (Wildman–Crippen MR) is 215 cm³/mol. The third-order valence-electron chi connectivity index (χ3n) is 13.0. The molecule has 0 spiro atoms. The number of hydrogen-bond donors (Lipinski definition) is 2. The number of aromatic hydroxyl groups is 2. The minimum absolute atomic E-state index is 0.143. The molecular weight excluding hydrogens is 748 g/mol. The van der Waals surface area contributed by atoms with Gasteiger partial charge in [-0.1, -0.05) is 47.5 Å². The summed E-state index contributed by atoms with van der Waals surface area (Å²) in [5.41, 5.74) is 4.28. The van der Waals surface area contributed by atoms with Gasteiger partial charge in [-0.3, -0.25) is 28.8 Å². The van der Waals surface area contributed by atoms with E-state index in [1.54, 1.807) is 53.4 Å². The standard InChI is InChI=1S/C44H41ClN4O6S/c1-21-16-25(17-22(2)38(21)51)37-28-11-12-29-36(42(54)48(40(29)52)15-14-24-6-9-27(50)10-7-24)31(28)19-32-41(53)49(43(55)44(32,37)4)35-20-33(46-47(35)5)39-23(3)30-18-26(45)8-13-34(30)56-39/h6-11,13,16-18,20,29,31-32,36-37,50-51H,12,14-15,19H2,1-5H3/t29-,31+,32-,36-,37-,44+/m0/s1. The first-order valence-corrected chi connectivity index (χ1v) is 20.1. The van der Waals surface area contributed by atoms with Gasteiger partial charge >= 0.3 is 0 Å². The quantitative estimate of drug-likeness (QED) is 0.133. The molecule has 4 amide bonds. The molecule has 0 unspecified atom stereocenters. The molecule has 6 atom stereocenters. The third kappa shape index (κ3) is 5.23. The Balaban J connectivity index is 1.12. The fourth-order valence-corrected chi connectivity index (χ4v) is 11.5. The van der Waals surface area contributed by atoms with Crippen LogP contribution in [-0.2, 0) is 32.6 Å². The van der Waals surface area contributed by atoms with Crippen LogP contribution in [0, 0.1) is 49.9 Å². The van der Waals surface area contributed by atoms with Crippen molar-refractivity contribution < 1.29 is 29.4 Å². The van der Waals surface area contributed by atoms with E-state index < -0.39 is 35.0 Å². The summed E-state index contributed by atoms with van der Waals surface area (Å²) in [4.78, 5) is 62.0. The van der Waals surface area contributed by atoms with Gasteiger partial charge in [0, 0.05) is 35.3 Å². The maximum atomic E-state index is 15.2. The van der Waals surface area contributed by atoms with Crippen molar-refractivity contribution in [3.8, 4) is 22.1 Å². The van der Waals surface area contributed by atoms with E-state index in [2.05, 4.69) is 0 Å². The van der Waals surface area contributed by atoms with Crippen LogP contribution in [0.25, 0.3) is 20.7 Å². The topological polar surface area (TPSA) is 133 Å². The number of thiophene rings is 1. The van der Waals surface area contributed by atoms with Crippen LogP contribution in [0.2, 0.25) is 5.02 Å². The van der Waals surface area contributed by atoms with E-state index in [9.17, 15) is 24.6 Å². The lowest BCUT2D eigenvalue weighted by molar-refractivity contribution is -0.140. The van der Waals surface area contributed by atoms with Gasteiger partial charge in [-0.15, -0.1) is 11.3 Å². The Labute approximate surface area is 333 Å². The van der Waals surface area contributed by atoms with Crippen molar-refractivity contribution in [1.82, 2.24) is 14.7 Å². The van der Waals surface area contributed by atoms with Crippen molar-refractivity contribution in [2.24, 2.45) is 36.1 Å². The maximum absolute atomic E-state index is 15.2. The third-order valence-corrected chi connectivity index (χ3v) is 14.5. The minimum Gasteiger partial charge on any atom is -0.508 e. The zero-order valence-corrected chi connectivity index (χ0v) is 33.2. The van der Waals surface area contributed by atoms with Gasteiger partial charge in [-0.05, 0) is 116 Å². The molecule has 10 nitrogen and oxygen atoms in total. The molecule has 12 heteroatoms. The average Bonchev–Trinajstić information content (AvgIpc) is 3.83. The molecule has 3 aromatic carbocycles. The Morgan fingerprint density at radius 3 is 2.34 bits per heavy atom. The van der Waals surface area contributed by atoms with Gasteiger partial charge in [-0.25, -0.2) is 4.90 Å². The van der Waals surface area contributed by atoms with Gasteiger partial charge in [0.15, 0.2) is 0 Å². The molecule has 2 saturated heterocycles. The number of halogens is 1. The maximum Gasteiger partial charge on any atom is 0.242 e. The van der Waals surface area contributed by atoms with Crippen LogP contribution in [0.4, 0.5) is 5.82 Å². The van der Waals surface area contributed by atoms with E-state index in [1.165, 1.54) is 9.80 Å². The Hall–Kier alpha value is -5.26. The second kappa shape index (κ2) is 12.9. The minimum atomic E-state index is -1.24. The van der Waals surface area contributed by atoms with Gasteiger partial charge in [0.2, 0.25) is 23.6 Å². The van der Waals surface area contributed by atoms with Crippen LogP contribution in [0.3, 0.4) is 0 Å². The average molecular weight is 789 g/mol. The molecule has 9 rings (SSSR count). The zero-order chi connectivity index (χ0) is 39.5. The zero-order valence-electron chi connectivity index (χ0n) is 31.7. The first kappa shape index (κ1) is 36.4. The number of allylic oxidation sites excluding steroid dienone is 2. The number of likely N-dealkylation sites (tertiary alicyclic amines) is 1. The van der Waals surface area contributed by atoms with Crippen LogP contribution in [0.15, 0.2) is 72.3 Å². The van der Waals surface area contributed by atoms with Gasteiger partial charge in [0.05, 0.1) is 28.0 Å². The molecule has 2 N–H and O–H groups in total. The number of imide groups is 2. The van der Waals surface area contributed by atoms with Crippen LogP contribution in [0.1, 0.15) is 53.5 Å². The van der Waals surface area contributed by atoms with Gasteiger partial charge in [0.1, 0.15) is 23.0 Å². The number of aryl methyl sites for hydroxylation is 4. The molecule has 4 heterocycles. The number of aromatic nitrogens is 2. The largest absolute Gasteiger partial charge is 0.508 e. The van der Waals surface area contributed by atoms with Gasteiger partial charge in [0.25, 0.3) is 0 Å².